The average Bonchev–Trinajstić information content (AvgIpc) is 3.20. The van der Waals surface area contributed by atoms with Crippen molar-refractivity contribution >= 4 is 29.1 Å². The molecule has 0 bridgehead atoms. The van der Waals surface area contributed by atoms with Crippen molar-refractivity contribution in [2.45, 2.75) is 42.9 Å². The van der Waals surface area contributed by atoms with Gasteiger partial charge in [-0.25, -0.2) is 26.4 Å². The minimum Gasteiger partial charge on any atom is -0.341 e. The molecule has 0 saturated carbocycles. The lowest BCUT2D eigenvalue weighted by molar-refractivity contribution is -0.132. The lowest BCUT2D eigenvalue weighted by atomic mass is 9.88. The van der Waals surface area contributed by atoms with Gasteiger partial charge in [-0.15, -0.1) is 5.11 Å². The summed E-state index contributed by atoms with van der Waals surface area (Å²) in [6.45, 7) is 1.65. The maximum atomic E-state index is 12.9. The highest BCUT2D eigenvalue weighted by molar-refractivity contribution is 6.43. The predicted molar refractivity (Wildman–Crippen MR) is 137 cm³/mol. The number of halogens is 1. The van der Waals surface area contributed by atoms with Gasteiger partial charge in [-0.05, 0) is 12.8 Å². The van der Waals surface area contributed by atoms with E-state index in [-0.39, 0.29) is 46.8 Å². The van der Waals surface area contributed by atoms with Gasteiger partial charge in [0.15, 0.2) is 22.9 Å². The third kappa shape index (κ3) is 6.21. The van der Waals surface area contributed by atoms with E-state index in [1.54, 1.807) is 4.90 Å². The Morgan fingerprint density at radius 2 is 2.03 bits per heavy atom. The zero-order valence-corrected chi connectivity index (χ0v) is 21.2. The van der Waals surface area contributed by atoms with Crippen LogP contribution in [0.3, 0.4) is 0 Å². The van der Waals surface area contributed by atoms with Gasteiger partial charge in [0.2, 0.25) is 5.91 Å². The molecular formula is C20H32ClN15O2. The Labute approximate surface area is 223 Å². The third-order valence-corrected chi connectivity index (χ3v) is 7.02. The molecule has 12 N–H and O–H groups in total. The van der Waals surface area contributed by atoms with E-state index in [0.29, 0.717) is 32.5 Å². The van der Waals surface area contributed by atoms with Crippen molar-refractivity contribution in [2.24, 2.45) is 37.9 Å². The smallest absolute Gasteiger partial charge is 0.272 e. The summed E-state index contributed by atoms with van der Waals surface area (Å²) in [4.78, 5) is 31.4. The largest absolute Gasteiger partial charge is 0.341 e. The molecule has 1 aliphatic carbocycles. The number of allylic oxidation sites excluding steroid dienone is 2. The fraction of sp³-hybridized carbons (Fsp3) is 0.550. The first kappa shape index (κ1) is 27.7. The number of nitrogens with two attached hydrogens (primary N) is 3. The fourth-order valence-corrected chi connectivity index (χ4v) is 4.84. The number of hydrazine groups is 2. The van der Waals surface area contributed by atoms with Crippen LogP contribution in [0.5, 0.6) is 0 Å². The number of aliphatic imine (C=N–C) groups is 1. The molecule has 2 fully saturated rings. The average molecular weight is 550 g/mol. The van der Waals surface area contributed by atoms with Crippen LogP contribution >= 0.6 is 11.6 Å². The Bertz CT molecular complexity index is 1080. The van der Waals surface area contributed by atoms with Gasteiger partial charge < -0.3 is 27.1 Å². The van der Waals surface area contributed by atoms with E-state index in [0.717, 1.165) is 0 Å². The number of rotatable bonds is 8. The molecule has 4 rings (SSSR count). The van der Waals surface area contributed by atoms with Crippen LogP contribution in [0.2, 0.25) is 0 Å². The second-order valence-corrected chi connectivity index (χ2v) is 9.61. The van der Waals surface area contributed by atoms with Crippen molar-refractivity contribution < 1.29 is 9.59 Å². The Morgan fingerprint density at radius 3 is 2.71 bits per heavy atom. The van der Waals surface area contributed by atoms with Gasteiger partial charge >= 0.3 is 0 Å². The number of amides is 2. The molecule has 17 nitrogen and oxygen atoms in total. The van der Waals surface area contributed by atoms with Crippen molar-refractivity contribution in [3.63, 3.8) is 0 Å². The molecule has 4 aliphatic rings. The minimum absolute atomic E-state index is 0.0102. The van der Waals surface area contributed by atoms with E-state index in [9.17, 15) is 9.59 Å². The van der Waals surface area contributed by atoms with Crippen LogP contribution in [-0.4, -0.2) is 83.7 Å². The Morgan fingerprint density at radius 1 is 1.29 bits per heavy atom. The van der Waals surface area contributed by atoms with E-state index in [1.807, 2.05) is 24.3 Å². The maximum absolute atomic E-state index is 12.9. The highest BCUT2D eigenvalue weighted by Crippen LogP contribution is 2.28. The van der Waals surface area contributed by atoms with E-state index in [1.165, 1.54) is 5.01 Å². The number of nitrogens with one attached hydrogen (secondary N) is 6. The summed E-state index contributed by atoms with van der Waals surface area (Å²) in [6.07, 6.45) is 7.06. The van der Waals surface area contributed by atoms with Gasteiger partial charge in [0.25, 0.3) is 5.91 Å². The van der Waals surface area contributed by atoms with Crippen molar-refractivity contribution in [2.75, 3.05) is 26.2 Å². The molecule has 0 aromatic carbocycles. The first-order valence-electron chi connectivity index (χ1n) is 11.9. The van der Waals surface area contributed by atoms with Gasteiger partial charge in [0.05, 0.1) is 12.6 Å². The standard InChI is InChI=1S/C20H32ClN15O2/c21-15-17(33-34-24)28-16(31-23)14(27-15)18(38)29-19-30-20(10-36(19)25)5-7-35(8-6-20)13(37)9-26-32-12-4-2-1-3-11(12)22/h1-4,11-12,16,19,23,26,28,30,32H,5-10,22,25H2,(H2,24,33)(H,29,38). The topological polar surface area (TPSA) is 252 Å². The predicted octanol–water partition coefficient (Wildman–Crippen LogP) is -2.47. The molecule has 3 aliphatic heterocycles. The Hall–Kier alpha value is -3.32. The maximum Gasteiger partial charge on any atom is 0.272 e. The van der Waals surface area contributed by atoms with Gasteiger partial charge in [-0.2, -0.15) is 5.11 Å². The molecule has 206 valence electrons. The van der Waals surface area contributed by atoms with Crippen LogP contribution in [0.15, 0.2) is 55.7 Å². The summed E-state index contributed by atoms with van der Waals surface area (Å²) in [7, 11) is 0. The van der Waals surface area contributed by atoms with Crippen LogP contribution in [-0.2, 0) is 9.59 Å². The van der Waals surface area contributed by atoms with Crippen LogP contribution in [0.4, 0.5) is 0 Å². The molecule has 4 unspecified atom stereocenters. The molecule has 0 aromatic heterocycles. The quantitative estimate of drug-likeness (QED) is 0.0667. The summed E-state index contributed by atoms with van der Waals surface area (Å²) >= 11 is 6.04. The number of carbonyl (C=O) groups is 2. The van der Waals surface area contributed by atoms with Crippen LogP contribution in [0.1, 0.15) is 12.8 Å². The molecule has 4 atom stereocenters. The molecular weight excluding hydrogens is 518 g/mol. The first-order chi connectivity index (χ1) is 18.2. The summed E-state index contributed by atoms with van der Waals surface area (Å²) in [5, 5.41) is 20.2. The number of nitrogens with zero attached hydrogens (tertiary/aromatic N) is 6. The number of hydrogen-bond donors (Lipinski definition) is 9. The van der Waals surface area contributed by atoms with Crippen molar-refractivity contribution in [3.05, 3.63) is 35.3 Å². The molecule has 0 radical (unpaired) electrons. The SMILES string of the molecule is N=NC1NC(N=NN)=C(Cl)N=C1C(=O)NC1NC2(CCN(C(=O)CNNC3C=CC=CC3N)CC2)CN1N. The lowest BCUT2D eigenvalue weighted by Gasteiger charge is -2.39. The summed E-state index contributed by atoms with van der Waals surface area (Å²) in [5.74, 6) is 10.6. The second-order valence-electron chi connectivity index (χ2n) is 9.25. The van der Waals surface area contributed by atoms with E-state index >= 15 is 0 Å². The van der Waals surface area contributed by atoms with E-state index in [4.69, 9.17) is 34.6 Å². The zero-order chi connectivity index (χ0) is 27.3. The highest BCUT2D eigenvalue weighted by Gasteiger charge is 2.46. The van der Waals surface area contributed by atoms with E-state index in [2.05, 4.69) is 47.2 Å². The lowest BCUT2D eigenvalue weighted by Crippen LogP contribution is -2.60. The minimum atomic E-state index is -1.13. The molecule has 18 heteroatoms. The monoisotopic (exact) mass is 549 g/mol. The summed E-state index contributed by atoms with van der Waals surface area (Å²) < 4.78 is 0. The van der Waals surface area contributed by atoms with Crippen LogP contribution in [0.25, 0.3) is 0 Å². The van der Waals surface area contributed by atoms with Crippen molar-refractivity contribution in [1.29, 1.82) is 5.53 Å². The van der Waals surface area contributed by atoms with Crippen molar-refractivity contribution in [3.8, 4) is 0 Å². The Balaban J connectivity index is 1.27. The van der Waals surface area contributed by atoms with Gasteiger partial charge in [-0.1, -0.05) is 41.1 Å². The first-order valence-corrected chi connectivity index (χ1v) is 12.3. The fourth-order valence-electron chi connectivity index (χ4n) is 4.66. The van der Waals surface area contributed by atoms with Gasteiger partial charge in [-0.3, -0.25) is 20.7 Å². The summed E-state index contributed by atoms with van der Waals surface area (Å²) in [5.41, 5.74) is 18.9. The number of hydrogen-bond acceptors (Lipinski definition) is 14. The molecule has 3 heterocycles. The summed E-state index contributed by atoms with van der Waals surface area (Å²) in [6, 6.07) is -0.255. The van der Waals surface area contributed by atoms with Gasteiger partial charge in [0, 0.05) is 31.2 Å². The molecule has 2 amide bonds. The van der Waals surface area contributed by atoms with Gasteiger partial charge in [0.1, 0.15) is 6.29 Å². The molecule has 2 saturated heterocycles. The highest BCUT2D eigenvalue weighted by atomic mass is 35.5. The normalized spacial score (nSPS) is 29.0. The second kappa shape index (κ2) is 12.0. The van der Waals surface area contributed by atoms with E-state index < -0.39 is 18.4 Å². The molecule has 38 heavy (non-hydrogen) atoms. The van der Waals surface area contributed by atoms with Crippen LogP contribution in [0, 0.1) is 5.53 Å². The third-order valence-electron chi connectivity index (χ3n) is 6.75. The Kier molecular flexibility index (Phi) is 8.77. The number of likely N-dealkylation sites (tertiary alicyclic amines) is 1. The molecule has 0 aromatic rings. The number of piperidine rings is 1. The van der Waals surface area contributed by atoms with Crippen molar-refractivity contribution in [1.82, 2.24) is 36.7 Å². The molecule has 1 spiro atoms. The zero-order valence-electron chi connectivity index (χ0n) is 20.5. The number of carbonyl (C=O) groups excluding carboxylic acids is 2. The van der Waals surface area contributed by atoms with Crippen LogP contribution < -0.4 is 44.2 Å².